The number of nitriles is 1. The fraction of sp³-hybridized carbons (Fsp3) is 0.176. The fourth-order valence-electron chi connectivity index (χ4n) is 2.13. The quantitative estimate of drug-likeness (QED) is 0.853. The highest BCUT2D eigenvalue weighted by Crippen LogP contribution is 2.14. The zero-order chi connectivity index (χ0) is 18.4. The van der Waals surface area contributed by atoms with Crippen LogP contribution in [0.4, 0.5) is 10.1 Å². The Hall–Kier alpha value is -2.76. The smallest absolute Gasteiger partial charge is 0.239 e. The molecule has 1 N–H and O–H groups in total. The number of hydrogen-bond donors (Lipinski definition) is 1. The van der Waals surface area contributed by atoms with Gasteiger partial charge in [-0.15, -0.1) is 0 Å². The van der Waals surface area contributed by atoms with Gasteiger partial charge in [0.1, 0.15) is 5.82 Å². The van der Waals surface area contributed by atoms with Crippen molar-refractivity contribution in [1.82, 2.24) is 4.31 Å². The van der Waals surface area contributed by atoms with Crippen molar-refractivity contribution in [2.75, 3.05) is 18.1 Å². The van der Waals surface area contributed by atoms with Gasteiger partial charge in [0.15, 0.2) is 0 Å². The first-order valence-electron chi connectivity index (χ1n) is 7.28. The van der Waals surface area contributed by atoms with E-state index in [-0.39, 0.29) is 12.1 Å². The summed E-state index contributed by atoms with van der Waals surface area (Å²) in [7, 11) is -3.73. The zero-order valence-electron chi connectivity index (χ0n) is 13.4. The number of carbonyl (C=O) groups excluding carboxylic acids is 1. The van der Waals surface area contributed by atoms with Gasteiger partial charge in [0, 0.05) is 17.8 Å². The SMILES string of the molecule is CS(=O)(=O)N(CC(=O)Nc1cccc(C#N)c1)Cc1ccccc1F. The lowest BCUT2D eigenvalue weighted by Gasteiger charge is -2.20. The van der Waals surface area contributed by atoms with E-state index in [1.165, 1.54) is 24.3 Å². The monoisotopic (exact) mass is 361 g/mol. The van der Waals surface area contributed by atoms with Crippen molar-refractivity contribution in [3.8, 4) is 6.07 Å². The number of carbonyl (C=O) groups is 1. The molecule has 1 amide bonds. The molecule has 0 saturated heterocycles. The van der Waals surface area contributed by atoms with Gasteiger partial charge >= 0.3 is 0 Å². The van der Waals surface area contributed by atoms with Crippen LogP contribution in [0, 0.1) is 17.1 Å². The molecular formula is C17H16FN3O3S. The number of nitrogens with one attached hydrogen (secondary N) is 1. The molecule has 2 rings (SSSR count). The van der Waals surface area contributed by atoms with E-state index in [9.17, 15) is 17.6 Å². The molecule has 0 saturated carbocycles. The zero-order valence-corrected chi connectivity index (χ0v) is 14.3. The summed E-state index contributed by atoms with van der Waals surface area (Å²) in [4.78, 5) is 12.2. The summed E-state index contributed by atoms with van der Waals surface area (Å²) < 4.78 is 38.5. The van der Waals surface area contributed by atoms with E-state index >= 15 is 0 Å². The van der Waals surface area contributed by atoms with Crippen LogP contribution < -0.4 is 5.32 Å². The summed E-state index contributed by atoms with van der Waals surface area (Å²) in [5, 5.41) is 11.4. The van der Waals surface area contributed by atoms with Crippen LogP contribution in [0.1, 0.15) is 11.1 Å². The van der Waals surface area contributed by atoms with Gasteiger partial charge in [0.25, 0.3) is 0 Å². The van der Waals surface area contributed by atoms with Gasteiger partial charge in [0.2, 0.25) is 15.9 Å². The Morgan fingerprint density at radius 2 is 1.96 bits per heavy atom. The summed E-state index contributed by atoms with van der Waals surface area (Å²) in [6.45, 7) is -0.721. The van der Waals surface area contributed by atoms with Crippen molar-refractivity contribution in [1.29, 1.82) is 5.26 Å². The molecule has 0 aliphatic heterocycles. The molecule has 0 bridgehead atoms. The predicted octanol–water partition coefficient (Wildman–Crippen LogP) is 2.10. The molecule has 0 aliphatic rings. The number of amides is 1. The number of anilines is 1. The third kappa shape index (κ3) is 5.38. The molecule has 2 aromatic rings. The third-order valence-electron chi connectivity index (χ3n) is 3.37. The normalized spacial score (nSPS) is 11.1. The number of sulfonamides is 1. The van der Waals surface area contributed by atoms with Crippen LogP contribution in [-0.4, -0.2) is 31.4 Å². The van der Waals surface area contributed by atoms with Gasteiger partial charge < -0.3 is 5.32 Å². The second-order valence-corrected chi connectivity index (χ2v) is 7.35. The summed E-state index contributed by atoms with van der Waals surface area (Å²) in [6.07, 6.45) is 0.956. The first kappa shape index (κ1) is 18.6. The first-order chi connectivity index (χ1) is 11.8. The second-order valence-electron chi connectivity index (χ2n) is 5.36. The number of halogens is 1. The van der Waals surface area contributed by atoms with Crippen LogP contribution in [0.15, 0.2) is 48.5 Å². The van der Waals surface area contributed by atoms with Gasteiger partial charge in [-0.1, -0.05) is 24.3 Å². The minimum absolute atomic E-state index is 0.173. The standard InChI is InChI=1S/C17H16FN3O3S/c1-25(23,24)21(11-14-6-2-3-8-16(14)18)12-17(22)20-15-7-4-5-13(9-15)10-19/h2-9H,11-12H2,1H3,(H,20,22). The van der Waals surface area contributed by atoms with Crippen LogP contribution in [0.3, 0.4) is 0 Å². The average molecular weight is 361 g/mol. The largest absolute Gasteiger partial charge is 0.325 e. The highest BCUT2D eigenvalue weighted by atomic mass is 32.2. The Balaban J connectivity index is 2.13. The third-order valence-corrected chi connectivity index (χ3v) is 4.57. The number of benzene rings is 2. The van der Waals surface area contributed by atoms with Gasteiger partial charge in [-0.2, -0.15) is 9.57 Å². The molecule has 2 aromatic carbocycles. The van der Waals surface area contributed by atoms with Crippen LogP contribution in [0.2, 0.25) is 0 Å². The fourth-order valence-corrected chi connectivity index (χ4v) is 2.86. The minimum atomic E-state index is -3.73. The predicted molar refractivity (Wildman–Crippen MR) is 91.4 cm³/mol. The van der Waals surface area contributed by atoms with Crippen molar-refractivity contribution < 1.29 is 17.6 Å². The highest BCUT2D eigenvalue weighted by molar-refractivity contribution is 7.88. The Morgan fingerprint density at radius 1 is 1.24 bits per heavy atom. The summed E-state index contributed by atoms with van der Waals surface area (Å²) in [6, 6.07) is 14.0. The second kappa shape index (κ2) is 7.88. The topological polar surface area (TPSA) is 90.3 Å². The lowest BCUT2D eigenvalue weighted by atomic mass is 10.2. The molecule has 0 aromatic heterocycles. The van der Waals surface area contributed by atoms with E-state index in [2.05, 4.69) is 5.32 Å². The molecule has 0 fully saturated rings. The molecule has 0 unspecified atom stereocenters. The van der Waals surface area contributed by atoms with E-state index < -0.39 is 28.3 Å². The summed E-state index contributed by atoms with van der Waals surface area (Å²) in [5.41, 5.74) is 0.916. The number of rotatable bonds is 6. The maximum atomic E-state index is 13.8. The lowest BCUT2D eigenvalue weighted by molar-refractivity contribution is -0.116. The van der Waals surface area contributed by atoms with E-state index in [1.807, 2.05) is 6.07 Å². The maximum Gasteiger partial charge on any atom is 0.239 e. The van der Waals surface area contributed by atoms with Crippen molar-refractivity contribution in [2.45, 2.75) is 6.54 Å². The van der Waals surface area contributed by atoms with E-state index in [0.717, 1.165) is 10.6 Å². The van der Waals surface area contributed by atoms with Gasteiger partial charge in [-0.25, -0.2) is 12.8 Å². The molecule has 0 atom stereocenters. The van der Waals surface area contributed by atoms with E-state index in [1.54, 1.807) is 24.3 Å². The van der Waals surface area contributed by atoms with Crippen LogP contribution in [0.25, 0.3) is 0 Å². The van der Waals surface area contributed by atoms with Crippen molar-refractivity contribution in [3.05, 3.63) is 65.5 Å². The first-order valence-corrected chi connectivity index (χ1v) is 9.13. The minimum Gasteiger partial charge on any atom is -0.325 e. The van der Waals surface area contributed by atoms with Crippen molar-refractivity contribution in [3.63, 3.8) is 0 Å². The molecule has 6 nitrogen and oxygen atoms in total. The Morgan fingerprint density at radius 3 is 2.60 bits per heavy atom. The molecule has 0 spiro atoms. The van der Waals surface area contributed by atoms with Crippen LogP contribution >= 0.6 is 0 Å². The van der Waals surface area contributed by atoms with Crippen LogP contribution in [0.5, 0.6) is 0 Å². The van der Waals surface area contributed by atoms with Crippen molar-refractivity contribution in [2.24, 2.45) is 0 Å². The molecule has 25 heavy (non-hydrogen) atoms. The molecule has 0 heterocycles. The lowest BCUT2D eigenvalue weighted by Crippen LogP contribution is -2.37. The van der Waals surface area contributed by atoms with E-state index in [0.29, 0.717) is 11.3 Å². The van der Waals surface area contributed by atoms with E-state index in [4.69, 9.17) is 5.26 Å². The van der Waals surface area contributed by atoms with Gasteiger partial charge in [-0.3, -0.25) is 4.79 Å². The molecular weight excluding hydrogens is 345 g/mol. The number of nitrogens with zero attached hydrogens (tertiary/aromatic N) is 2. The molecule has 0 aliphatic carbocycles. The van der Waals surface area contributed by atoms with Gasteiger partial charge in [-0.05, 0) is 24.3 Å². The summed E-state index contributed by atoms with van der Waals surface area (Å²) in [5.74, 6) is -1.13. The maximum absolute atomic E-state index is 13.8. The average Bonchev–Trinajstić information content (AvgIpc) is 2.55. The van der Waals surface area contributed by atoms with Crippen LogP contribution in [-0.2, 0) is 21.4 Å². The van der Waals surface area contributed by atoms with Crippen molar-refractivity contribution >= 4 is 21.6 Å². The Bertz CT molecular complexity index is 923. The summed E-state index contributed by atoms with van der Waals surface area (Å²) >= 11 is 0. The molecule has 0 radical (unpaired) electrons. The van der Waals surface area contributed by atoms with Gasteiger partial charge in [0.05, 0.1) is 24.4 Å². The Kier molecular flexibility index (Phi) is 5.85. The molecule has 8 heteroatoms. The highest BCUT2D eigenvalue weighted by Gasteiger charge is 2.21. The number of hydrogen-bond acceptors (Lipinski definition) is 4. The molecule has 130 valence electrons. The Labute approximate surface area is 145 Å².